The molecule has 5 nitrogen and oxygen atoms in total. The summed E-state index contributed by atoms with van der Waals surface area (Å²) < 4.78 is 0. The summed E-state index contributed by atoms with van der Waals surface area (Å²) in [6.45, 7) is 0.408. The van der Waals surface area contributed by atoms with E-state index in [4.69, 9.17) is 5.11 Å². The van der Waals surface area contributed by atoms with Crippen molar-refractivity contribution in [2.24, 2.45) is 0 Å². The highest BCUT2D eigenvalue weighted by Crippen LogP contribution is 2.01. The van der Waals surface area contributed by atoms with E-state index in [2.05, 4.69) is 10.6 Å². The number of rotatable bonds is 1. The van der Waals surface area contributed by atoms with E-state index in [0.717, 1.165) is 0 Å². The van der Waals surface area contributed by atoms with Gasteiger partial charge in [-0.2, -0.15) is 0 Å². The Morgan fingerprint density at radius 3 is 2.91 bits per heavy atom. The molecule has 0 spiro atoms. The Morgan fingerprint density at radius 2 is 2.45 bits per heavy atom. The molecule has 5 heteroatoms. The SMILES string of the molecule is O=C(O)N[C@H]1CCC(=O)NC1. The predicted octanol–water partition coefficient (Wildman–Crippen LogP) is -0.467. The van der Waals surface area contributed by atoms with Crippen molar-refractivity contribution in [1.82, 2.24) is 10.6 Å². The lowest BCUT2D eigenvalue weighted by atomic mass is 10.1. The van der Waals surface area contributed by atoms with E-state index < -0.39 is 6.09 Å². The molecular weight excluding hydrogens is 148 g/mol. The van der Waals surface area contributed by atoms with Crippen LogP contribution in [0.2, 0.25) is 0 Å². The number of piperidine rings is 1. The van der Waals surface area contributed by atoms with Crippen molar-refractivity contribution in [3.05, 3.63) is 0 Å². The van der Waals surface area contributed by atoms with Crippen LogP contribution >= 0.6 is 0 Å². The Bertz CT molecular complexity index is 171. The fraction of sp³-hybridized carbons (Fsp3) is 0.667. The molecule has 11 heavy (non-hydrogen) atoms. The first-order valence-corrected chi connectivity index (χ1v) is 3.44. The Balaban J connectivity index is 2.28. The summed E-state index contributed by atoms with van der Waals surface area (Å²) in [7, 11) is 0. The Hall–Kier alpha value is -1.26. The molecule has 0 bridgehead atoms. The van der Waals surface area contributed by atoms with Gasteiger partial charge in [0.05, 0.1) is 6.04 Å². The molecule has 0 aromatic rings. The average Bonchev–Trinajstić information content (AvgIpc) is 1.93. The molecule has 1 heterocycles. The van der Waals surface area contributed by atoms with E-state index in [1.54, 1.807) is 0 Å². The number of hydrogen-bond donors (Lipinski definition) is 3. The van der Waals surface area contributed by atoms with Gasteiger partial charge in [0, 0.05) is 13.0 Å². The first-order valence-electron chi connectivity index (χ1n) is 3.44. The second-order valence-corrected chi connectivity index (χ2v) is 2.49. The first kappa shape index (κ1) is 7.84. The maximum atomic E-state index is 10.6. The molecule has 1 atom stereocenters. The van der Waals surface area contributed by atoms with Gasteiger partial charge in [-0.15, -0.1) is 0 Å². The molecule has 2 amide bonds. The highest BCUT2D eigenvalue weighted by molar-refractivity contribution is 5.77. The van der Waals surface area contributed by atoms with Gasteiger partial charge in [-0.25, -0.2) is 4.79 Å². The maximum absolute atomic E-state index is 10.6. The van der Waals surface area contributed by atoms with Crippen LogP contribution in [0, 0.1) is 0 Å². The van der Waals surface area contributed by atoms with Crippen LogP contribution in [0.3, 0.4) is 0 Å². The molecule has 0 unspecified atom stereocenters. The van der Waals surface area contributed by atoms with Crippen LogP contribution in [0.15, 0.2) is 0 Å². The lowest BCUT2D eigenvalue weighted by molar-refractivity contribution is -0.122. The minimum atomic E-state index is -1.04. The molecule has 1 aliphatic heterocycles. The molecule has 0 aromatic heterocycles. The van der Waals surface area contributed by atoms with Gasteiger partial charge in [0.25, 0.3) is 0 Å². The Morgan fingerprint density at radius 1 is 1.73 bits per heavy atom. The molecule has 0 radical (unpaired) electrons. The van der Waals surface area contributed by atoms with Crippen molar-refractivity contribution in [3.63, 3.8) is 0 Å². The second kappa shape index (κ2) is 3.23. The summed E-state index contributed by atoms with van der Waals surface area (Å²) in [5.41, 5.74) is 0. The standard InChI is InChI=1S/C6H10N2O3/c9-5-2-1-4(3-7-5)8-6(10)11/h4,8H,1-3H2,(H,7,9)(H,10,11)/t4-/m0/s1. The van der Waals surface area contributed by atoms with Crippen LogP contribution in [0.25, 0.3) is 0 Å². The van der Waals surface area contributed by atoms with Gasteiger partial charge in [0.2, 0.25) is 5.91 Å². The van der Waals surface area contributed by atoms with Gasteiger partial charge < -0.3 is 15.7 Å². The summed E-state index contributed by atoms with van der Waals surface area (Å²) in [5.74, 6) is -0.00608. The fourth-order valence-electron chi connectivity index (χ4n) is 1.03. The zero-order chi connectivity index (χ0) is 8.27. The van der Waals surface area contributed by atoms with Crippen LogP contribution in [0.5, 0.6) is 0 Å². The summed E-state index contributed by atoms with van der Waals surface area (Å²) in [6.07, 6.45) is -0.0329. The molecule has 1 saturated heterocycles. The summed E-state index contributed by atoms with van der Waals surface area (Å²) in [4.78, 5) is 20.7. The fourth-order valence-corrected chi connectivity index (χ4v) is 1.03. The first-order chi connectivity index (χ1) is 5.18. The van der Waals surface area contributed by atoms with Crippen molar-refractivity contribution in [2.75, 3.05) is 6.54 Å². The van der Waals surface area contributed by atoms with Gasteiger partial charge in [-0.1, -0.05) is 0 Å². The predicted molar refractivity (Wildman–Crippen MR) is 37.2 cm³/mol. The number of nitrogens with one attached hydrogen (secondary N) is 2. The van der Waals surface area contributed by atoms with Crippen molar-refractivity contribution >= 4 is 12.0 Å². The molecule has 0 aliphatic carbocycles. The third-order valence-corrected chi connectivity index (χ3v) is 1.59. The monoisotopic (exact) mass is 158 g/mol. The molecule has 1 aliphatic rings. The lowest BCUT2D eigenvalue weighted by Crippen LogP contribution is -2.47. The van der Waals surface area contributed by atoms with Gasteiger partial charge in [-0.3, -0.25) is 4.79 Å². The third-order valence-electron chi connectivity index (χ3n) is 1.59. The molecule has 3 N–H and O–H groups in total. The Kier molecular flexibility index (Phi) is 2.30. The van der Waals surface area contributed by atoms with Gasteiger partial charge in [-0.05, 0) is 6.42 Å². The van der Waals surface area contributed by atoms with Crippen LogP contribution in [0.1, 0.15) is 12.8 Å². The van der Waals surface area contributed by atoms with E-state index in [0.29, 0.717) is 19.4 Å². The average molecular weight is 158 g/mol. The van der Waals surface area contributed by atoms with E-state index >= 15 is 0 Å². The van der Waals surface area contributed by atoms with Crippen LogP contribution in [-0.2, 0) is 4.79 Å². The quantitative estimate of drug-likeness (QED) is 0.483. The minimum Gasteiger partial charge on any atom is -0.465 e. The number of hydrogen-bond acceptors (Lipinski definition) is 2. The highest BCUT2D eigenvalue weighted by Gasteiger charge is 2.18. The molecular formula is C6H10N2O3. The van der Waals surface area contributed by atoms with Gasteiger partial charge in [0.15, 0.2) is 0 Å². The smallest absolute Gasteiger partial charge is 0.404 e. The largest absolute Gasteiger partial charge is 0.465 e. The molecule has 0 aromatic carbocycles. The summed E-state index contributed by atoms with van der Waals surface area (Å²) >= 11 is 0. The molecule has 1 rings (SSSR count). The summed E-state index contributed by atoms with van der Waals surface area (Å²) in [6, 6.07) is -0.120. The van der Waals surface area contributed by atoms with Crippen molar-refractivity contribution in [2.45, 2.75) is 18.9 Å². The van der Waals surface area contributed by atoms with Gasteiger partial charge >= 0.3 is 6.09 Å². The van der Waals surface area contributed by atoms with Crippen molar-refractivity contribution in [1.29, 1.82) is 0 Å². The summed E-state index contributed by atoms with van der Waals surface area (Å²) in [5, 5.41) is 13.2. The second-order valence-electron chi connectivity index (χ2n) is 2.49. The number of carboxylic acid groups (broad SMARTS) is 1. The van der Waals surface area contributed by atoms with Crippen molar-refractivity contribution < 1.29 is 14.7 Å². The number of amides is 2. The van der Waals surface area contributed by atoms with E-state index in [-0.39, 0.29) is 11.9 Å². The lowest BCUT2D eigenvalue weighted by Gasteiger charge is -2.21. The minimum absolute atomic E-state index is 0.00608. The van der Waals surface area contributed by atoms with E-state index in [1.165, 1.54) is 0 Å². The third kappa shape index (κ3) is 2.45. The molecule has 62 valence electrons. The zero-order valence-electron chi connectivity index (χ0n) is 5.96. The topological polar surface area (TPSA) is 78.4 Å². The van der Waals surface area contributed by atoms with Gasteiger partial charge in [0.1, 0.15) is 0 Å². The zero-order valence-corrected chi connectivity index (χ0v) is 5.96. The Labute approximate surface area is 63.8 Å². The number of carbonyl (C=O) groups is 2. The van der Waals surface area contributed by atoms with Crippen molar-refractivity contribution in [3.8, 4) is 0 Å². The number of carbonyl (C=O) groups excluding carboxylic acids is 1. The van der Waals surface area contributed by atoms with Crippen LogP contribution in [-0.4, -0.2) is 29.7 Å². The van der Waals surface area contributed by atoms with E-state index in [9.17, 15) is 9.59 Å². The molecule has 1 fully saturated rings. The molecule has 0 saturated carbocycles. The van der Waals surface area contributed by atoms with Crippen LogP contribution < -0.4 is 10.6 Å². The van der Waals surface area contributed by atoms with E-state index in [1.807, 2.05) is 0 Å². The van der Waals surface area contributed by atoms with Crippen LogP contribution in [0.4, 0.5) is 4.79 Å². The highest BCUT2D eigenvalue weighted by atomic mass is 16.4. The maximum Gasteiger partial charge on any atom is 0.404 e. The normalized spacial score (nSPS) is 24.0.